The first-order chi connectivity index (χ1) is 11.4. The number of carbonyl (C=O) groups is 1. The van der Waals surface area contributed by atoms with Crippen molar-refractivity contribution in [2.45, 2.75) is 13.1 Å². The molecule has 0 amide bonds. The van der Waals surface area contributed by atoms with Gasteiger partial charge in [0.1, 0.15) is 11.1 Å². The van der Waals surface area contributed by atoms with Gasteiger partial charge in [-0.15, -0.1) is 0 Å². The maximum absolute atomic E-state index is 12.9. The zero-order valence-electron chi connectivity index (χ0n) is 12.5. The van der Waals surface area contributed by atoms with Gasteiger partial charge in [-0.25, -0.2) is 0 Å². The van der Waals surface area contributed by atoms with Crippen LogP contribution in [0.2, 0.25) is 0 Å². The number of hydrogen-bond acceptors (Lipinski definition) is 7. The van der Waals surface area contributed by atoms with Crippen molar-refractivity contribution in [3.8, 4) is 0 Å². The summed E-state index contributed by atoms with van der Waals surface area (Å²) in [6, 6.07) is 8.06. The van der Waals surface area contributed by atoms with E-state index >= 15 is 0 Å². The van der Waals surface area contributed by atoms with Crippen molar-refractivity contribution in [2.24, 2.45) is 11.5 Å². The molecule has 0 aliphatic heterocycles. The van der Waals surface area contributed by atoms with Gasteiger partial charge in [0, 0.05) is 25.2 Å². The van der Waals surface area contributed by atoms with Gasteiger partial charge in [0.2, 0.25) is 5.78 Å². The Morgan fingerprint density at radius 1 is 0.833 bits per heavy atom. The van der Waals surface area contributed by atoms with Crippen LogP contribution >= 0.6 is 0 Å². The van der Waals surface area contributed by atoms with E-state index in [4.69, 9.17) is 11.5 Å². The van der Waals surface area contributed by atoms with Crippen molar-refractivity contribution in [3.05, 3.63) is 78.9 Å². The largest absolute Gasteiger partial charge is 0.326 e. The topological polar surface area (TPSA) is 155 Å². The molecule has 0 saturated heterocycles. The average molecular weight is 330 g/mol. The first-order valence-corrected chi connectivity index (χ1v) is 6.89. The normalized spacial score (nSPS) is 10.4. The lowest BCUT2D eigenvalue weighted by Gasteiger charge is -2.11. The van der Waals surface area contributed by atoms with E-state index in [2.05, 4.69) is 0 Å². The van der Waals surface area contributed by atoms with Gasteiger partial charge in [-0.05, 0) is 11.1 Å². The van der Waals surface area contributed by atoms with Crippen LogP contribution in [0.25, 0.3) is 0 Å². The maximum Gasteiger partial charge on any atom is 0.280 e. The summed E-state index contributed by atoms with van der Waals surface area (Å²) in [6.07, 6.45) is 0. The molecule has 0 atom stereocenters. The molecular formula is C15H14N4O5. The van der Waals surface area contributed by atoms with Crippen molar-refractivity contribution in [2.75, 3.05) is 0 Å². The second kappa shape index (κ2) is 6.94. The Morgan fingerprint density at radius 3 is 1.50 bits per heavy atom. The summed E-state index contributed by atoms with van der Waals surface area (Å²) in [5.74, 6) is -0.838. The van der Waals surface area contributed by atoms with Crippen molar-refractivity contribution in [3.63, 3.8) is 0 Å². The van der Waals surface area contributed by atoms with Crippen LogP contribution in [0.15, 0.2) is 36.4 Å². The standard InChI is InChI=1S/C15H14N4O5/c16-7-9-3-1-5-11(18(21)22)13(9)15(20)14-10(8-17)4-2-6-12(14)19(23)24/h1-6H,7-8,16-17H2. The summed E-state index contributed by atoms with van der Waals surface area (Å²) < 4.78 is 0. The Balaban J connectivity index is 2.80. The number of benzene rings is 2. The van der Waals surface area contributed by atoms with Gasteiger partial charge in [-0.3, -0.25) is 25.0 Å². The Labute approximate surface area is 136 Å². The number of hydrogen-bond donors (Lipinski definition) is 2. The molecule has 0 unspecified atom stereocenters. The van der Waals surface area contributed by atoms with Gasteiger partial charge in [-0.2, -0.15) is 0 Å². The molecule has 0 fully saturated rings. The number of carbonyl (C=O) groups excluding carboxylic acids is 1. The molecule has 0 saturated carbocycles. The molecule has 24 heavy (non-hydrogen) atoms. The molecule has 2 rings (SSSR count). The first kappa shape index (κ1) is 17.2. The summed E-state index contributed by atoms with van der Waals surface area (Å²) in [6.45, 7) is -0.247. The van der Waals surface area contributed by atoms with Crippen LogP contribution in [-0.4, -0.2) is 15.6 Å². The number of nitrogens with two attached hydrogens (primary N) is 2. The molecule has 2 aromatic rings. The smallest absolute Gasteiger partial charge is 0.280 e. The third-order valence-electron chi connectivity index (χ3n) is 3.54. The lowest BCUT2D eigenvalue weighted by atomic mass is 9.92. The van der Waals surface area contributed by atoms with Crippen LogP contribution in [0.5, 0.6) is 0 Å². The minimum absolute atomic E-state index is 0.124. The van der Waals surface area contributed by atoms with Gasteiger partial charge in [-0.1, -0.05) is 24.3 Å². The molecule has 9 heteroatoms. The third-order valence-corrected chi connectivity index (χ3v) is 3.54. The first-order valence-electron chi connectivity index (χ1n) is 6.89. The SMILES string of the molecule is NCc1cccc([N+](=O)[O-])c1C(=O)c1c(CN)cccc1[N+](=O)[O-]. The van der Waals surface area contributed by atoms with Gasteiger partial charge in [0.05, 0.1) is 9.85 Å². The molecule has 0 heterocycles. The monoisotopic (exact) mass is 330 g/mol. The summed E-state index contributed by atoms with van der Waals surface area (Å²) in [7, 11) is 0. The molecule has 0 radical (unpaired) electrons. The van der Waals surface area contributed by atoms with E-state index in [0.717, 1.165) is 12.1 Å². The van der Waals surface area contributed by atoms with Crippen LogP contribution < -0.4 is 11.5 Å². The summed E-state index contributed by atoms with van der Waals surface area (Å²) in [5.41, 5.74) is 10.2. The van der Waals surface area contributed by atoms with E-state index < -0.39 is 27.0 Å². The van der Waals surface area contributed by atoms with Crippen molar-refractivity contribution in [1.82, 2.24) is 0 Å². The lowest BCUT2D eigenvalue weighted by molar-refractivity contribution is -0.385. The summed E-state index contributed by atoms with van der Waals surface area (Å²) >= 11 is 0. The Hall–Kier alpha value is -3.17. The van der Waals surface area contributed by atoms with Gasteiger partial charge in [0.15, 0.2) is 0 Å². The van der Waals surface area contributed by atoms with E-state index in [0.29, 0.717) is 0 Å². The van der Waals surface area contributed by atoms with Crippen LogP contribution in [0.4, 0.5) is 11.4 Å². The molecule has 4 N–H and O–H groups in total. The fraction of sp³-hybridized carbons (Fsp3) is 0.133. The molecule has 0 aliphatic carbocycles. The molecule has 0 spiro atoms. The minimum atomic E-state index is -0.838. The number of nitrogens with zero attached hydrogens (tertiary/aromatic N) is 2. The average Bonchev–Trinajstić information content (AvgIpc) is 2.59. The van der Waals surface area contributed by atoms with E-state index in [1.807, 2.05) is 0 Å². The van der Waals surface area contributed by atoms with Gasteiger partial charge < -0.3 is 11.5 Å². The molecular weight excluding hydrogens is 316 g/mol. The predicted octanol–water partition coefficient (Wildman–Crippen LogP) is 1.65. The lowest BCUT2D eigenvalue weighted by Crippen LogP contribution is -2.16. The molecule has 124 valence electrons. The van der Waals surface area contributed by atoms with Crippen LogP contribution in [0, 0.1) is 20.2 Å². The molecule has 0 aromatic heterocycles. The van der Waals surface area contributed by atoms with Crippen LogP contribution in [0.1, 0.15) is 27.0 Å². The number of nitro groups is 2. The highest BCUT2D eigenvalue weighted by molar-refractivity contribution is 6.15. The Morgan fingerprint density at radius 2 is 1.21 bits per heavy atom. The highest BCUT2D eigenvalue weighted by Gasteiger charge is 2.31. The van der Waals surface area contributed by atoms with Crippen molar-refractivity contribution in [1.29, 1.82) is 0 Å². The highest BCUT2D eigenvalue weighted by atomic mass is 16.6. The fourth-order valence-electron chi connectivity index (χ4n) is 2.47. The predicted molar refractivity (Wildman–Crippen MR) is 85.4 cm³/mol. The number of nitro benzene ring substituents is 2. The van der Waals surface area contributed by atoms with E-state index in [9.17, 15) is 25.0 Å². The van der Waals surface area contributed by atoms with E-state index in [1.165, 1.54) is 24.3 Å². The van der Waals surface area contributed by atoms with Crippen LogP contribution in [0.3, 0.4) is 0 Å². The quantitative estimate of drug-likeness (QED) is 0.463. The van der Waals surface area contributed by atoms with E-state index in [-0.39, 0.29) is 35.3 Å². The second-order valence-corrected chi connectivity index (χ2v) is 4.87. The molecule has 9 nitrogen and oxygen atoms in total. The van der Waals surface area contributed by atoms with Crippen molar-refractivity contribution >= 4 is 17.2 Å². The zero-order valence-corrected chi connectivity index (χ0v) is 12.5. The third kappa shape index (κ3) is 2.98. The molecule has 0 bridgehead atoms. The van der Waals surface area contributed by atoms with E-state index in [1.54, 1.807) is 0 Å². The van der Waals surface area contributed by atoms with Crippen LogP contribution in [-0.2, 0) is 13.1 Å². The highest BCUT2D eigenvalue weighted by Crippen LogP contribution is 2.31. The summed E-state index contributed by atoms with van der Waals surface area (Å²) in [5, 5.41) is 22.5. The van der Waals surface area contributed by atoms with Gasteiger partial charge in [0.25, 0.3) is 11.4 Å². The maximum atomic E-state index is 12.9. The molecule has 2 aromatic carbocycles. The van der Waals surface area contributed by atoms with Gasteiger partial charge >= 0.3 is 0 Å². The minimum Gasteiger partial charge on any atom is -0.326 e. The Kier molecular flexibility index (Phi) is 4.97. The zero-order chi connectivity index (χ0) is 17.9. The fourth-order valence-corrected chi connectivity index (χ4v) is 2.47. The van der Waals surface area contributed by atoms with Crippen molar-refractivity contribution < 1.29 is 14.6 Å². The number of rotatable bonds is 6. The number of ketones is 1. The summed E-state index contributed by atoms with van der Waals surface area (Å²) in [4.78, 5) is 34.0. The second-order valence-electron chi connectivity index (χ2n) is 4.87. The Bertz CT molecular complexity index is 767. The molecule has 0 aliphatic rings.